The van der Waals surface area contributed by atoms with Crippen LogP contribution in [-0.4, -0.2) is 29.9 Å². The van der Waals surface area contributed by atoms with Crippen molar-refractivity contribution < 1.29 is 4.79 Å². The fourth-order valence-electron chi connectivity index (χ4n) is 3.16. The van der Waals surface area contributed by atoms with Crippen molar-refractivity contribution in [1.29, 1.82) is 0 Å². The minimum absolute atomic E-state index is 0.0432. The van der Waals surface area contributed by atoms with Crippen LogP contribution in [-0.2, 0) is 4.79 Å². The van der Waals surface area contributed by atoms with Gasteiger partial charge in [0.25, 0.3) is 0 Å². The molecule has 0 bridgehead atoms. The Labute approximate surface area is 132 Å². The van der Waals surface area contributed by atoms with Crippen LogP contribution < -0.4 is 5.32 Å². The molecule has 0 saturated carbocycles. The number of likely N-dealkylation sites (tertiary alicyclic amines) is 1. The van der Waals surface area contributed by atoms with Gasteiger partial charge < -0.3 is 5.32 Å². The van der Waals surface area contributed by atoms with Gasteiger partial charge in [0, 0.05) is 23.8 Å². The first-order valence-corrected chi connectivity index (χ1v) is 8.05. The molecule has 1 N–H and O–H groups in total. The van der Waals surface area contributed by atoms with E-state index in [2.05, 4.69) is 24.1 Å². The average molecular weight is 309 g/mol. The lowest BCUT2D eigenvalue weighted by atomic mass is 9.91. The summed E-state index contributed by atoms with van der Waals surface area (Å²) in [6, 6.07) is 5.45. The highest BCUT2D eigenvalue weighted by Crippen LogP contribution is 2.24. The van der Waals surface area contributed by atoms with Gasteiger partial charge in [0.1, 0.15) is 0 Å². The number of hydrogen-bond acceptors (Lipinski definition) is 2. The number of halogens is 1. The van der Waals surface area contributed by atoms with E-state index in [0.29, 0.717) is 16.9 Å². The summed E-state index contributed by atoms with van der Waals surface area (Å²) in [5, 5.41) is 3.66. The number of carbonyl (C=O) groups excluding carboxylic acids is 1. The van der Waals surface area contributed by atoms with E-state index in [1.54, 1.807) is 0 Å². The molecule has 0 aliphatic carbocycles. The first-order chi connectivity index (χ1) is 9.86. The Kier molecular flexibility index (Phi) is 5.28. The van der Waals surface area contributed by atoms with Gasteiger partial charge in [-0.05, 0) is 49.8 Å². The van der Waals surface area contributed by atoms with Gasteiger partial charge in [-0.1, -0.05) is 31.5 Å². The molecule has 1 aliphatic rings. The summed E-state index contributed by atoms with van der Waals surface area (Å²) in [4.78, 5) is 14.8. The zero-order valence-corrected chi connectivity index (χ0v) is 14.1. The highest BCUT2D eigenvalue weighted by molar-refractivity contribution is 6.31. The first-order valence-electron chi connectivity index (χ1n) is 7.68. The van der Waals surface area contributed by atoms with Crippen LogP contribution in [0.2, 0.25) is 5.02 Å². The molecule has 1 heterocycles. The van der Waals surface area contributed by atoms with Crippen LogP contribution in [0.1, 0.15) is 32.8 Å². The number of piperidine rings is 1. The molecule has 0 unspecified atom stereocenters. The molecule has 0 radical (unpaired) electrons. The second-order valence-electron chi connectivity index (χ2n) is 6.52. The normalized spacial score (nSPS) is 24.6. The Morgan fingerprint density at radius 1 is 1.33 bits per heavy atom. The third-order valence-corrected chi connectivity index (χ3v) is 4.52. The molecule has 1 aromatic carbocycles. The minimum atomic E-state index is -0.117. The van der Waals surface area contributed by atoms with Crippen LogP contribution in [0.3, 0.4) is 0 Å². The van der Waals surface area contributed by atoms with Gasteiger partial charge in [0.05, 0.1) is 6.04 Å². The molecule has 1 amide bonds. The molecule has 0 spiro atoms. The molecule has 1 saturated heterocycles. The minimum Gasteiger partial charge on any atom is -0.324 e. The number of aryl methyl sites for hydroxylation is 1. The molecule has 1 fully saturated rings. The second kappa shape index (κ2) is 6.80. The summed E-state index contributed by atoms with van der Waals surface area (Å²) in [7, 11) is 0. The van der Waals surface area contributed by atoms with Gasteiger partial charge in [-0.15, -0.1) is 0 Å². The maximum atomic E-state index is 12.5. The molecular formula is C17H25ClN2O. The monoisotopic (exact) mass is 308 g/mol. The van der Waals surface area contributed by atoms with Crippen LogP contribution in [0.15, 0.2) is 18.2 Å². The van der Waals surface area contributed by atoms with Crippen molar-refractivity contribution in [2.24, 2.45) is 11.8 Å². The van der Waals surface area contributed by atoms with E-state index < -0.39 is 0 Å². The van der Waals surface area contributed by atoms with Gasteiger partial charge >= 0.3 is 0 Å². The van der Waals surface area contributed by atoms with Crippen LogP contribution in [0.4, 0.5) is 5.69 Å². The number of amides is 1. The molecule has 4 heteroatoms. The van der Waals surface area contributed by atoms with E-state index in [0.717, 1.165) is 24.3 Å². The second-order valence-corrected chi connectivity index (χ2v) is 6.96. The van der Waals surface area contributed by atoms with Gasteiger partial charge in [-0.25, -0.2) is 0 Å². The van der Waals surface area contributed by atoms with Crippen LogP contribution in [0.5, 0.6) is 0 Å². The number of benzene rings is 1. The van der Waals surface area contributed by atoms with E-state index in [1.807, 2.05) is 32.0 Å². The van der Waals surface area contributed by atoms with Crippen molar-refractivity contribution in [3.05, 3.63) is 28.8 Å². The van der Waals surface area contributed by atoms with E-state index in [1.165, 1.54) is 6.42 Å². The fraction of sp³-hybridized carbons (Fsp3) is 0.588. The van der Waals surface area contributed by atoms with Gasteiger partial charge in [-0.3, -0.25) is 9.69 Å². The number of nitrogens with zero attached hydrogens (tertiary/aromatic N) is 1. The predicted octanol–water partition coefficient (Wildman–Crippen LogP) is 3.95. The number of nitrogens with one attached hydrogen (secondary N) is 1. The predicted molar refractivity (Wildman–Crippen MR) is 88.8 cm³/mol. The Bertz CT molecular complexity index is 508. The lowest BCUT2D eigenvalue weighted by molar-refractivity contribution is -0.121. The lowest BCUT2D eigenvalue weighted by Gasteiger charge is -2.38. The third-order valence-electron chi connectivity index (χ3n) is 4.28. The zero-order valence-electron chi connectivity index (χ0n) is 13.3. The average Bonchev–Trinajstić information content (AvgIpc) is 2.41. The summed E-state index contributed by atoms with van der Waals surface area (Å²) >= 11 is 6.01. The molecule has 1 aromatic rings. The molecule has 21 heavy (non-hydrogen) atoms. The molecule has 0 aromatic heterocycles. The summed E-state index contributed by atoms with van der Waals surface area (Å²) in [5.74, 6) is 1.34. The molecule has 3 atom stereocenters. The Balaban J connectivity index is 2.04. The largest absolute Gasteiger partial charge is 0.324 e. The molecule has 1 aliphatic heterocycles. The summed E-state index contributed by atoms with van der Waals surface area (Å²) in [5.41, 5.74) is 1.83. The molecular weight excluding hydrogens is 284 g/mol. The van der Waals surface area contributed by atoms with Crippen molar-refractivity contribution in [2.45, 2.75) is 40.2 Å². The van der Waals surface area contributed by atoms with Crippen LogP contribution in [0, 0.1) is 18.8 Å². The standard InChI is InChI=1S/C17H25ClN2O/c1-11-7-12(2)10-20(9-11)14(4)17(21)19-16-8-15(18)6-5-13(16)3/h5-6,8,11-12,14H,7,9-10H2,1-4H3,(H,19,21)/t11-,12-,14+/m1/s1. The first kappa shape index (κ1) is 16.3. The van der Waals surface area contributed by atoms with Gasteiger partial charge in [-0.2, -0.15) is 0 Å². The SMILES string of the molecule is Cc1ccc(Cl)cc1NC(=O)[C@H](C)N1C[C@H](C)C[C@@H](C)C1. The number of hydrogen-bond donors (Lipinski definition) is 1. The zero-order chi connectivity index (χ0) is 15.6. The maximum absolute atomic E-state index is 12.5. The lowest BCUT2D eigenvalue weighted by Crippen LogP contribution is -2.48. The summed E-state index contributed by atoms with van der Waals surface area (Å²) in [6.07, 6.45) is 1.25. The number of anilines is 1. The van der Waals surface area contributed by atoms with Crippen LogP contribution >= 0.6 is 11.6 Å². The topological polar surface area (TPSA) is 32.3 Å². The van der Waals surface area contributed by atoms with E-state index in [4.69, 9.17) is 11.6 Å². The van der Waals surface area contributed by atoms with E-state index >= 15 is 0 Å². The van der Waals surface area contributed by atoms with Crippen molar-refractivity contribution in [3.63, 3.8) is 0 Å². The Morgan fingerprint density at radius 2 is 1.95 bits per heavy atom. The quantitative estimate of drug-likeness (QED) is 0.917. The van der Waals surface area contributed by atoms with E-state index in [-0.39, 0.29) is 11.9 Å². The Hall–Kier alpha value is -1.06. The highest BCUT2D eigenvalue weighted by Gasteiger charge is 2.28. The summed E-state index contributed by atoms with van der Waals surface area (Å²) in [6.45, 7) is 10.5. The van der Waals surface area contributed by atoms with Crippen molar-refractivity contribution in [1.82, 2.24) is 4.90 Å². The maximum Gasteiger partial charge on any atom is 0.241 e. The molecule has 116 valence electrons. The third kappa shape index (κ3) is 4.21. The van der Waals surface area contributed by atoms with Crippen molar-refractivity contribution >= 4 is 23.2 Å². The molecule has 3 nitrogen and oxygen atoms in total. The van der Waals surface area contributed by atoms with Gasteiger partial charge in [0.2, 0.25) is 5.91 Å². The highest BCUT2D eigenvalue weighted by atomic mass is 35.5. The molecule has 2 rings (SSSR count). The Morgan fingerprint density at radius 3 is 2.57 bits per heavy atom. The number of rotatable bonds is 3. The van der Waals surface area contributed by atoms with E-state index in [9.17, 15) is 4.79 Å². The van der Waals surface area contributed by atoms with Gasteiger partial charge in [0.15, 0.2) is 0 Å². The van der Waals surface area contributed by atoms with Crippen molar-refractivity contribution in [2.75, 3.05) is 18.4 Å². The van der Waals surface area contributed by atoms with Crippen molar-refractivity contribution in [3.8, 4) is 0 Å². The number of carbonyl (C=O) groups is 1. The summed E-state index contributed by atoms with van der Waals surface area (Å²) < 4.78 is 0. The van der Waals surface area contributed by atoms with Crippen LogP contribution in [0.25, 0.3) is 0 Å². The smallest absolute Gasteiger partial charge is 0.241 e. The fourth-order valence-corrected chi connectivity index (χ4v) is 3.33.